The predicted octanol–water partition coefficient (Wildman–Crippen LogP) is 2.77. The van der Waals surface area contributed by atoms with Crippen LogP contribution < -0.4 is 4.74 Å². The lowest BCUT2D eigenvalue weighted by molar-refractivity contribution is -0.0339. The van der Waals surface area contributed by atoms with E-state index in [9.17, 15) is 9.90 Å². The van der Waals surface area contributed by atoms with Crippen molar-refractivity contribution in [1.29, 1.82) is 0 Å². The molecule has 1 aromatic carbocycles. The number of carboxylic acid groups (broad SMARTS) is 1. The van der Waals surface area contributed by atoms with Crippen molar-refractivity contribution in [3.63, 3.8) is 0 Å². The Morgan fingerprint density at radius 1 is 1.32 bits per heavy atom. The maximum atomic E-state index is 10.9. The molecule has 1 fully saturated rings. The van der Waals surface area contributed by atoms with Gasteiger partial charge in [0.2, 0.25) is 0 Å². The smallest absolute Gasteiger partial charge is 0.335 e. The lowest BCUT2D eigenvalue weighted by Crippen LogP contribution is -2.37. The van der Waals surface area contributed by atoms with Gasteiger partial charge in [0.25, 0.3) is 0 Å². The van der Waals surface area contributed by atoms with E-state index < -0.39 is 11.6 Å². The monoisotopic (exact) mass is 264 g/mol. The Hall–Kier alpha value is -1.55. The zero-order valence-electron chi connectivity index (χ0n) is 11.2. The Balaban J connectivity index is 2.00. The zero-order chi connectivity index (χ0) is 13.9. The number of aliphatic hydroxyl groups is 1. The summed E-state index contributed by atoms with van der Waals surface area (Å²) in [5.74, 6) is -0.323. The summed E-state index contributed by atoms with van der Waals surface area (Å²) in [4.78, 5) is 10.9. The Morgan fingerprint density at radius 2 is 2.00 bits per heavy atom. The number of benzene rings is 1. The molecule has 0 heterocycles. The largest absolute Gasteiger partial charge is 0.491 e. The number of aryl methyl sites for hydroxylation is 1. The van der Waals surface area contributed by atoms with Crippen molar-refractivity contribution in [3.8, 4) is 5.75 Å². The third kappa shape index (κ3) is 3.47. The van der Waals surface area contributed by atoms with Gasteiger partial charge in [-0.15, -0.1) is 0 Å². The first-order valence-corrected chi connectivity index (χ1v) is 6.69. The van der Waals surface area contributed by atoms with Gasteiger partial charge in [-0.1, -0.05) is 19.3 Å². The van der Waals surface area contributed by atoms with Crippen LogP contribution in [0.25, 0.3) is 0 Å². The average Bonchev–Trinajstić information content (AvgIpc) is 2.37. The molecule has 0 radical (unpaired) electrons. The van der Waals surface area contributed by atoms with Crippen LogP contribution in [0.5, 0.6) is 5.75 Å². The number of carbonyl (C=O) groups is 1. The van der Waals surface area contributed by atoms with Crippen LogP contribution in [-0.4, -0.2) is 28.4 Å². The first-order valence-electron chi connectivity index (χ1n) is 6.69. The summed E-state index contributed by atoms with van der Waals surface area (Å²) in [7, 11) is 0. The molecule has 0 aliphatic heterocycles. The first kappa shape index (κ1) is 13.9. The van der Waals surface area contributed by atoms with Crippen LogP contribution in [0, 0.1) is 6.92 Å². The van der Waals surface area contributed by atoms with Crippen molar-refractivity contribution in [3.05, 3.63) is 29.3 Å². The van der Waals surface area contributed by atoms with Crippen LogP contribution in [0.2, 0.25) is 0 Å². The molecule has 0 aromatic heterocycles. The van der Waals surface area contributed by atoms with E-state index in [0.29, 0.717) is 11.3 Å². The second-order valence-corrected chi connectivity index (χ2v) is 5.36. The van der Waals surface area contributed by atoms with Gasteiger partial charge in [-0.3, -0.25) is 0 Å². The Labute approximate surface area is 113 Å². The molecule has 0 bridgehead atoms. The van der Waals surface area contributed by atoms with E-state index in [1.54, 1.807) is 19.1 Å². The molecule has 2 N–H and O–H groups in total. The first-order chi connectivity index (χ1) is 9.00. The Kier molecular flexibility index (Phi) is 4.10. The summed E-state index contributed by atoms with van der Waals surface area (Å²) in [5.41, 5.74) is 0.224. The van der Waals surface area contributed by atoms with Gasteiger partial charge in [0, 0.05) is 0 Å². The molecular formula is C15H20O4. The van der Waals surface area contributed by atoms with E-state index in [1.807, 2.05) is 0 Å². The van der Waals surface area contributed by atoms with Crippen molar-refractivity contribution < 1.29 is 19.7 Å². The molecule has 0 amide bonds. The third-order valence-corrected chi connectivity index (χ3v) is 3.72. The van der Waals surface area contributed by atoms with E-state index in [1.165, 1.54) is 12.5 Å². The fraction of sp³-hybridized carbons (Fsp3) is 0.533. The van der Waals surface area contributed by atoms with Crippen molar-refractivity contribution in [1.82, 2.24) is 0 Å². The second-order valence-electron chi connectivity index (χ2n) is 5.36. The van der Waals surface area contributed by atoms with Crippen molar-refractivity contribution in [2.45, 2.75) is 44.6 Å². The lowest BCUT2D eigenvalue weighted by atomic mass is 9.85. The number of aromatic carboxylic acids is 1. The summed E-state index contributed by atoms with van der Waals surface area (Å²) >= 11 is 0. The maximum absolute atomic E-state index is 10.9. The number of rotatable bonds is 4. The number of hydrogen-bond acceptors (Lipinski definition) is 3. The summed E-state index contributed by atoms with van der Waals surface area (Å²) in [6.07, 6.45) is 4.81. The molecule has 4 heteroatoms. The van der Waals surface area contributed by atoms with Crippen LogP contribution in [0.3, 0.4) is 0 Å². The standard InChI is InChI=1S/C15H20O4/c1-11-9-12(5-6-13(11)14(16)17)19-10-15(18)7-3-2-4-8-15/h5-6,9,18H,2-4,7-8,10H2,1H3,(H,16,17). The zero-order valence-corrected chi connectivity index (χ0v) is 11.2. The van der Waals surface area contributed by atoms with E-state index in [-0.39, 0.29) is 12.2 Å². The van der Waals surface area contributed by atoms with Gasteiger partial charge >= 0.3 is 5.97 Å². The molecule has 104 valence electrons. The minimum atomic E-state index is -0.935. The van der Waals surface area contributed by atoms with Crippen LogP contribution in [0.15, 0.2) is 18.2 Å². The summed E-state index contributed by atoms with van der Waals surface area (Å²) in [6, 6.07) is 4.89. The molecular weight excluding hydrogens is 244 g/mol. The van der Waals surface area contributed by atoms with Gasteiger partial charge < -0.3 is 14.9 Å². The van der Waals surface area contributed by atoms with Gasteiger partial charge in [0.1, 0.15) is 12.4 Å². The molecule has 0 spiro atoms. The molecule has 1 aliphatic carbocycles. The van der Waals surface area contributed by atoms with Gasteiger partial charge in [-0.2, -0.15) is 0 Å². The third-order valence-electron chi connectivity index (χ3n) is 3.72. The Morgan fingerprint density at radius 3 is 2.58 bits per heavy atom. The average molecular weight is 264 g/mol. The minimum absolute atomic E-state index is 0.277. The highest BCUT2D eigenvalue weighted by atomic mass is 16.5. The second kappa shape index (κ2) is 5.61. The van der Waals surface area contributed by atoms with Crippen LogP contribution in [0.1, 0.15) is 48.0 Å². The van der Waals surface area contributed by atoms with Gasteiger partial charge in [0.15, 0.2) is 0 Å². The molecule has 2 rings (SSSR count). The number of carboxylic acids is 1. The van der Waals surface area contributed by atoms with Crippen molar-refractivity contribution in [2.24, 2.45) is 0 Å². The highest BCUT2D eigenvalue weighted by molar-refractivity contribution is 5.89. The normalized spacial score (nSPS) is 18.0. The number of ether oxygens (including phenoxy) is 1. The van der Waals surface area contributed by atoms with Gasteiger partial charge in [-0.05, 0) is 43.5 Å². The fourth-order valence-electron chi connectivity index (χ4n) is 2.54. The summed E-state index contributed by atoms with van der Waals surface area (Å²) in [5, 5.41) is 19.3. The minimum Gasteiger partial charge on any atom is -0.491 e. The molecule has 19 heavy (non-hydrogen) atoms. The summed E-state index contributed by atoms with van der Waals surface area (Å²) < 4.78 is 5.62. The predicted molar refractivity (Wildman–Crippen MR) is 71.7 cm³/mol. The lowest BCUT2D eigenvalue weighted by Gasteiger charge is -2.31. The molecule has 0 atom stereocenters. The fourth-order valence-corrected chi connectivity index (χ4v) is 2.54. The SMILES string of the molecule is Cc1cc(OCC2(O)CCCCC2)ccc1C(=O)O. The molecule has 1 saturated carbocycles. The van der Waals surface area contributed by atoms with E-state index >= 15 is 0 Å². The van der Waals surface area contributed by atoms with E-state index in [4.69, 9.17) is 9.84 Å². The highest BCUT2D eigenvalue weighted by Gasteiger charge is 2.30. The highest BCUT2D eigenvalue weighted by Crippen LogP contribution is 2.29. The van der Waals surface area contributed by atoms with Crippen molar-refractivity contribution in [2.75, 3.05) is 6.61 Å². The van der Waals surface area contributed by atoms with Crippen LogP contribution in [-0.2, 0) is 0 Å². The van der Waals surface area contributed by atoms with Gasteiger partial charge in [0.05, 0.1) is 11.2 Å². The molecule has 1 aliphatic rings. The van der Waals surface area contributed by atoms with Crippen molar-refractivity contribution >= 4 is 5.97 Å². The molecule has 1 aromatic rings. The van der Waals surface area contributed by atoms with Crippen LogP contribution in [0.4, 0.5) is 0 Å². The van der Waals surface area contributed by atoms with Crippen LogP contribution >= 0.6 is 0 Å². The van der Waals surface area contributed by atoms with E-state index in [0.717, 1.165) is 25.7 Å². The van der Waals surface area contributed by atoms with E-state index in [2.05, 4.69) is 0 Å². The molecule has 0 saturated heterocycles. The maximum Gasteiger partial charge on any atom is 0.335 e. The molecule has 4 nitrogen and oxygen atoms in total. The topological polar surface area (TPSA) is 66.8 Å². The molecule has 0 unspecified atom stereocenters. The Bertz CT molecular complexity index is 461. The quantitative estimate of drug-likeness (QED) is 0.877. The summed E-state index contributed by atoms with van der Waals surface area (Å²) in [6.45, 7) is 2.02. The van der Waals surface area contributed by atoms with Gasteiger partial charge in [-0.25, -0.2) is 4.79 Å². The number of hydrogen-bond donors (Lipinski definition) is 2.